The Hall–Kier alpha value is -1.69. The Labute approximate surface area is 84.3 Å². The van der Waals surface area contributed by atoms with Gasteiger partial charge in [0.15, 0.2) is 0 Å². The lowest BCUT2D eigenvalue weighted by Gasteiger charge is -1.96. The lowest BCUT2D eigenvalue weighted by Crippen LogP contribution is -2.11. The maximum absolute atomic E-state index is 12.7. The number of rotatable bonds is 2. The minimum absolute atomic E-state index is 0. The molecule has 0 fully saturated rings. The summed E-state index contributed by atoms with van der Waals surface area (Å²) < 4.78 is 12.7. The van der Waals surface area contributed by atoms with Crippen molar-refractivity contribution in [2.45, 2.75) is 0 Å². The Morgan fingerprint density at radius 1 is 1.50 bits per heavy atom. The molecule has 1 rings (SSSR count). The van der Waals surface area contributed by atoms with Crippen molar-refractivity contribution in [1.82, 2.24) is 0 Å². The number of carbonyl (C=O) groups is 1. The Bertz CT molecular complexity index is 383. The van der Waals surface area contributed by atoms with E-state index >= 15 is 0 Å². The molecule has 1 amide bonds. The van der Waals surface area contributed by atoms with E-state index < -0.39 is 22.3 Å². The Kier molecular flexibility index (Phi) is 3.97. The van der Waals surface area contributed by atoms with Gasteiger partial charge < -0.3 is 5.73 Å². The first kappa shape index (κ1) is 12.3. The quantitative estimate of drug-likeness (QED) is 0.601. The van der Waals surface area contributed by atoms with Gasteiger partial charge in [-0.25, -0.2) is 0 Å². The SMILES string of the molecule is Cl.NC(=O)c1ccc(F)c([N+](=O)[O-])c1. The molecule has 0 radical (unpaired) electrons. The molecule has 0 aliphatic heterocycles. The molecule has 76 valence electrons. The van der Waals surface area contributed by atoms with Gasteiger partial charge >= 0.3 is 5.69 Å². The van der Waals surface area contributed by atoms with Crippen LogP contribution < -0.4 is 5.73 Å². The van der Waals surface area contributed by atoms with Crippen molar-refractivity contribution in [1.29, 1.82) is 0 Å². The molecule has 0 unspecified atom stereocenters. The van der Waals surface area contributed by atoms with Crippen LogP contribution >= 0.6 is 12.4 Å². The Balaban J connectivity index is 0.00000169. The molecule has 0 spiro atoms. The zero-order valence-electron chi connectivity index (χ0n) is 6.77. The van der Waals surface area contributed by atoms with E-state index in [4.69, 9.17) is 5.73 Å². The molecule has 5 nitrogen and oxygen atoms in total. The third kappa shape index (κ3) is 2.40. The average Bonchev–Trinajstić information content (AvgIpc) is 2.04. The van der Waals surface area contributed by atoms with Crippen molar-refractivity contribution in [3.05, 3.63) is 39.7 Å². The van der Waals surface area contributed by atoms with Crippen molar-refractivity contribution < 1.29 is 14.1 Å². The van der Waals surface area contributed by atoms with E-state index in [2.05, 4.69) is 0 Å². The van der Waals surface area contributed by atoms with Gasteiger partial charge in [0.05, 0.1) is 4.92 Å². The zero-order valence-corrected chi connectivity index (χ0v) is 7.58. The molecule has 7 heteroatoms. The molecule has 0 aromatic heterocycles. The monoisotopic (exact) mass is 220 g/mol. The number of amides is 1. The fourth-order valence-corrected chi connectivity index (χ4v) is 0.806. The van der Waals surface area contributed by atoms with Crippen LogP contribution in [0.25, 0.3) is 0 Å². The van der Waals surface area contributed by atoms with Gasteiger partial charge in [0.25, 0.3) is 0 Å². The van der Waals surface area contributed by atoms with Crippen molar-refractivity contribution >= 4 is 24.0 Å². The Morgan fingerprint density at radius 3 is 2.50 bits per heavy atom. The summed E-state index contributed by atoms with van der Waals surface area (Å²) in [6, 6.07) is 2.72. The molecule has 1 aromatic carbocycles. The van der Waals surface area contributed by atoms with Crippen molar-refractivity contribution in [2.24, 2.45) is 5.73 Å². The lowest BCUT2D eigenvalue weighted by molar-refractivity contribution is -0.387. The molecule has 0 bridgehead atoms. The van der Waals surface area contributed by atoms with E-state index in [-0.39, 0.29) is 18.0 Å². The molecule has 0 aliphatic rings. The van der Waals surface area contributed by atoms with Gasteiger partial charge in [-0.1, -0.05) is 0 Å². The number of hydrogen-bond donors (Lipinski definition) is 1. The molecule has 14 heavy (non-hydrogen) atoms. The predicted octanol–water partition coefficient (Wildman–Crippen LogP) is 1.25. The standard InChI is InChI=1S/C7H5FN2O3.ClH/c8-5-2-1-4(7(9)11)3-6(5)10(12)13;/h1-3H,(H2,9,11);1H. The molecular weight excluding hydrogens is 215 g/mol. The highest BCUT2D eigenvalue weighted by molar-refractivity contribution is 5.93. The number of nitro benzene ring substituents is 1. The Morgan fingerprint density at radius 2 is 2.07 bits per heavy atom. The minimum Gasteiger partial charge on any atom is -0.366 e. The van der Waals surface area contributed by atoms with E-state index in [1.165, 1.54) is 0 Å². The van der Waals surface area contributed by atoms with Crippen molar-refractivity contribution in [3.63, 3.8) is 0 Å². The lowest BCUT2D eigenvalue weighted by atomic mass is 10.2. The number of nitro groups is 1. The van der Waals surface area contributed by atoms with E-state index in [0.717, 1.165) is 18.2 Å². The maximum Gasteiger partial charge on any atom is 0.305 e. The van der Waals surface area contributed by atoms with Crippen LogP contribution in [0.5, 0.6) is 0 Å². The molecule has 0 aliphatic carbocycles. The van der Waals surface area contributed by atoms with Crippen LogP contribution in [0, 0.1) is 15.9 Å². The fraction of sp³-hybridized carbons (Fsp3) is 0. The second-order valence-electron chi connectivity index (χ2n) is 2.29. The highest BCUT2D eigenvalue weighted by Gasteiger charge is 2.15. The summed E-state index contributed by atoms with van der Waals surface area (Å²) in [4.78, 5) is 19.9. The highest BCUT2D eigenvalue weighted by atomic mass is 35.5. The number of nitrogens with two attached hydrogens (primary N) is 1. The zero-order chi connectivity index (χ0) is 10.0. The number of benzene rings is 1. The number of carbonyl (C=O) groups excluding carboxylic acids is 1. The second-order valence-corrected chi connectivity index (χ2v) is 2.29. The molecular formula is C7H6ClFN2O3. The van der Waals surface area contributed by atoms with Crippen LogP contribution in [0.2, 0.25) is 0 Å². The average molecular weight is 221 g/mol. The van der Waals surface area contributed by atoms with Gasteiger partial charge in [-0.2, -0.15) is 4.39 Å². The molecule has 1 aromatic rings. The van der Waals surface area contributed by atoms with Gasteiger partial charge in [-0.05, 0) is 12.1 Å². The van der Waals surface area contributed by atoms with Gasteiger partial charge in [0, 0.05) is 11.6 Å². The molecule has 2 N–H and O–H groups in total. The number of nitrogens with zero attached hydrogens (tertiary/aromatic N) is 1. The molecule has 0 heterocycles. The van der Waals surface area contributed by atoms with E-state index in [1.54, 1.807) is 0 Å². The number of halogens is 2. The summed E-state index contributed by atoms with van der Waals surface area (Å²) in [7, 11) is 0. The first-order valence-electron chi connectivity index (χ1n) is 3.26. The summed E-state index contributed by atoms with van der Waals surface area (Å²) in [5, 5.41) is 10.2. The maximum atomic E-state index is 12.7. The third-order valence-corrected chi connectivity index (χ3v) is 1.43. The van der Waals surface area contributed by atoms with Gasteiger partial charge in [-0.3, -0.25) is 14.9 Å². The first-order valence-corrected chi connectivity index (χ1v) is 3.26. The van der Waals surface area contributed by atoms with Crippen LogP contribution in [0.15, 0.2) is 18.2 Å². The van der Waals surface area contributed by atoms with Crippen molar-refractivity contribution in [3.8, 4) is 0 Å². The summed E-state index contributed by atoms with van der Waals surface area (Å²) >= 11 is 0. The molecule has 0 atom stereocenters. The largest absolute Gasteiger partial charge is 0.366 e. The van der Waals surface area contributed by atoms with Crippen LogP contribution in [-0.2, 0) is 0 Å². The summed E-state index contributed by atoms with van der Waals surface area (Å²) in [5.41, 5.74) is 4.01. The smallest absolute Gasteiger partial charge is 0.305 e. The number of primary amides is 1. The van der Waals surface area contributed by atoms with Crippen LogP contribution in [0.4, 0.5) is 10.1 Å². The number of hydrogen-bond acceptors (Lipinski definition) is 3. The highest BCUT2D eigenvalue weighted by Crippen LogP contribution is 2.17. The van der Waals surface area contributed by atoms with Crippen LogP contribution in [0.1, 0.15) is 10.4 Å². The van der Waals surface area contributed by atoms with Gasteiger partial charge in [0.1, 0.15) is 0 Å². The van der Waals surface area contributed by atoms with E-state index in [9.17, 15) is 19.3 Å². The topological polar surface area (TPSA) is 86.2 Å². The van der Waals surface area contributed by atoms with Gasteiger partial charge in [-0.15, -0.1) is 12.4 Å². The van der Waals surface area contributed by atoms with Gasteiger partial charge in [0.2, 0.25) is 11.7 Å². The second kappa shape index (κ2) is 4.52. The summed E-state index contributed by atoms with van der Waals surface area (Å²) in [5.74, 6) is -1.82. The fourth-order valence-electron chi connectivity index (χ4n) is 0.806. The van der Waals surface area contributed by atoms with Crippen LogP contribution in [0.3, 0.4) is 0 Å². The van der Waals surface area contributed by atoms with Crippen molar-refractivity contribution in [2.75, 3.05) is 0 Å². The summed E-state index contributed by atoms with van der Waals surface area (Å²) in [6.07, 6.45) is 0. The minimum atomic E-state index is -0.991. The predicted molar refractivity (Wildman–Crippen MR) is 48.8 cm³/mol. The van der Waals surface area contributed by atoms with Crippen LogP contribution in [-0.4, -0.2) is 10.8 Å². The molecule has 0 saturated carbocycles. The normalized spacial score (nSPS) is 8.93. The van der Waals surface area contributed by atoms with E-state index in [0.29, 0.717) is 0 Å². The summed E-state index contributed by atoms with van der Waals surface area (Å²) in [6.45, 7) is 0. The van der Waals surface area contributed by atoms with E-state index in [1.807, 2.05) is 0 Å². The first-order chi connectivity index (χ1) is 6.02. The third-order valence-electron chi connectivity index (χ3n) is 1.43. The molecule has 0 saturated heterocycles.